The summed E-state index contributed by atoms with van der Waals surface area (Å²) in [6, 6.07) is 17.4. The minimum absolute atomic E-state index is 0.0181. The number of anilines is 1. The van der Waals surface area contributed by atoms with E-state index in [0.29, 0.717) is 27.4 Å². The van der Waals surface area contributed by atoms with Crippen LogP contribution in [0.5, 0.6) is 5.75 Å². The summed E-state index contributed by atoms with van der Waals surface area (Å²) in [6.07, 6.45) is -4.64. The van der Waals surface area contributed by atoms with Gasteiger partial charge in [0.05, 0.1) is 23.4 Å². The Bertz CT molecular complexity index is 1380. The zero-order valence-corrected chi connectivity index (χ0v) is 20.8. The molecule has 0 radical (unpaired) electrons. The zero-order chi connectivity index (χ0) is 25.9. The molecule has 1 N–H and O–H groups in total. The first-order chi connectivity index (χ1) is 17.2. The largest absolute Gasteiger partial charge is 0.497 e. The monoisotopic (exact) mass is 552 g/mol. The highest BCUT2D eigenvalue weighted by Gasteiger charge is 2.33. The molecule has 36 heavy (non-hydrogen) atoms. The van der Waals surface area contributed by atoms with Gasteiger partial charge in [-0.1, -0.05) is 35.0 Å². The van der Waals surface area contributed by atoms with Crippen LogP contribution in [0.4, 0.5) is 18.9 Å². The molecule has 12 heteroatoms. The van der Waals surface area contributed by atoms with Gasteiger partial charge in [0.25, 0.3) is 0 Å². The van der Waals surface area contributed by atoms with Crippen molar-refractivity contribution >= 4 is 46.6 Å². The van der Waals surface area contributed by atoms with E-state index < -0.39 is 22.7 Å². The van der Waals surface area contributed by atoms with Gasteiger partial charge in [-0.15, -0.1) is 10.2 Å². The van der Waals surface area contributed by atoms with Gasteiger partial charge in [0.2, 0.25) is 5.91 Å². The van der Waals surface area contributed by atoms with E-state index in [2.05, 4.69) is 15.5 Å². The second kappa shape index (κ2) is 10.8. The molecule has 0 aliphatic heterocycles. The number of halogens is 5. The number of benzene rings is 3. The SMILES string of the molecule is COc1ccc(-c2nnc(SCC(=O)Nc3ccc(Cl)c(C(F)(F)F)c3)n2-c2ccc(Cl)cc2)cc1. The van der Waals surface area contributed by atoms with Crippen molar-refractivity contribution in [3.8, 4) is 22.8 Å². The number of carbonyl (C=O) groups excluding carboxylic acids is 1. The van der Waals surface area contributed by atoms with Crippen molar-refractivity contribution in [2.75, 3.05) is 18.2 Å². The highest BCUT2D eigenvalue weighted by molar-refractivity contribution is 7.99. The summed E-state index contributed by atoms with van der Waals surface area (Å²) in [5.41, 5.74) is 0.428. The van der Waals surface area contributed by atoms with Gasteiger partial charge in [0, 0.05) is 22.0 Å². The second-order valence-corrected chi connectivity index (χ2v) is 9.16. The molecule has 0 fully saturated rings. The number of ether oxygens (including phenoxy) is 1. The van der Waals surface area contributed by atoms with Crippen molar-refractivity contribution in [2.24, 2.45) is 0 Å². The van der Waals surface area contributed by atoms with Crippen LogP contribution in [0.3, 0.4) is 0 Å². The number of rotatable bonds is 7. The number of carbonyl (C=O) groups is 1. The van der Waals surface area contributed by atoms with Gasteiger partial charge in [0.1, 0.15) is 5.75 Å². The van der Waals surface area contributed by atoms with Crippen LogP contribution in [0, 0.1) is 0 Å². The van der Waals surface area contributed by atoms with Crippen LogP contribution < -0.4 is 10.1 Å². The van der Waals surface area contributed by atoms with E-state index in [1.54, 1.807) is 48.1 Å². The summed E-state index contributed by atoms with van der Waals surface area (Å²) in [4.78, 5) is 12.5. The van der Waals surface area contributed by atoms with Crippen molar-refractivity contribution in [3.05, 3.63) is 82.3 Å². The second-order valence-electron chi connectivity index (χ2n) is 7.38. The number of hydrogen-bond acceptors (Lipinski definition) is 5. The van der Waals surface area contributed by atoms with Gasteiger partial charge in [-0.2, -0.15) is 13.2 Å². The highest BCUT2D eigenvalue weighted by atomic mass is 35.5. The normalized spacial score (nSPS) is 11.4. The molecular formula is C24H17Cl2F3N4O2S. The number of alkyl halides is 3. The van der Waals surface area contributed by atoms with E-state index in [9.17, 15) is 18.0 Å². The third kappa shape index (κ3) is 5.95. The maximum Gasteiger partial charge on any atom is 0.417 e. The van der Waals surface area contributed by atoms with Gasteiger partial charge in [0.15, 0.2) is 11.0 Å². The fraction of sp³-hybridized carbons (Fsp3) is 0.125. The Balaban J connectivity index is 1.57. The zero-order valence-electron chi connectivity index (χ0n) is 18.5. The number of aromatic nitrogens is 3. The number of hydrogen-bond donors (Lipinski definition) is 1. The van der Waals surface area contributed by atoms with Crippen molar-refractivity contribution in [1.82, 2.24) is 14.8 Å². The first kappa shape index (κ1) is 25.9. The lowest BCUT2D eigenvalue weighted by molar-refractivity contribution is -0.137. The molecule has 0 bridgehead atoms. The Kier molecular flexibility index (Phi) is 7.77. The molecule has 6 nitrogen and oxygen atoms in total. The first-order valence-corrected chi connectivity index (χ1v) is 12.0. The van der Waals surface area contributed by atoms with Gasteiger partial charge in [-0.3, -0.25) is 9.36 Å². The summed E-state index contributed by atoms with van der Waals surface area (Å²) >= 11 is 12.8. The smallest absolute Gasteiger partial charge is 0.417 e. The molecule has 186 valence electrons. The Hall–Kier alpha value is -3.21. The van der Waals surface area contributed by atoms with Crippen LogP contribution in [0.2, 0.25) is 10.0 Å². The summed E-state index contributed by atoms with van der Waals surface area (Å²) in [5, 5.41) is 11.5. The average Bonchev–Trinajstić information content (AvgIpc) is 3.27. The number of nitrogens with one attached hydrogen (secondary N) is 1. The van der Waals surface area contributed by atoms with Crippen LogP contribution in [-0.4, -0.2) is 33.5 Å². The van der Waals surface area contributed by atoms with Crippen LogP contribution >= 0.6 is 35.0 Å². The Morgan fingerprint density at radius 2 is 1.72 bits per heavy atom. The van der Waals surface area contributed by atoms with E-state index in [1.165, 1.54) is 6.07 Å². The predicted molar refractivity (Wildman–Crippen MR) is 134 cm³/mol. The van der Waals surface area contributed by atoms with E-state index in [-0.39, 0.29) is 11.4 Å². The summed E-state index contributed by atoms with van der Waals surface area (Å²) in [5.74, 6) is 0.555. The Labute approximate surface area is 218 Å². The summed E-state index contributed by atoms with van der Waals surface area (Å²) in [6.45, 7) is 0. The van der Waals surface area contributed by atoms with Crippen LogP contribution in [-0.2, 0) is 11.0 Å². The molecule has 0 unspecified atom stereocenters. The third-order valence-corrected chi connectivity index (χ3v) is 6.46. The molecular weight excluding hydrogens is 536 g/mol. The molecule has 0 aliphatic rings. The van der Waals surface area contributed by atoms with Gasteiger partial charge in [-0.05, 0) is 66.7 Å². The lowest BCUT2D eigenvalue weighted by Gasteiger charge is -2.12. The molecule has 0 atom stereocenters. The predicted octanol–water partition coefficient (Wildman–Crippen LogP) is 7.00. The minimum Gasteiger partial charge on any atom is -0.497 e. The van der Waals surface area contributed by atoms with Crippen LogP contribution in [0.25, 0.3) is 17.1 Å². The Morgan fingerprint density at radius 3 is 2.36 bits per heavy atom. The van der Waals surface area contributed by atoms with Gasteiger partial charge in [-0.25, -0.2) is 0 Å². The van der Waals surface area contributed by atoms with Gasteiger partial charge < -0.3 is 10.1 Å². The topological polar surface area (TPSA) is 69.0 Å². The quantitative estimate of drug-likeness (QED) is 0.250. The van der Waals surface area contributed by atoms with Crippen molar-refractivity contribution in [2.45, 2.75) is 11.3 Å². The van der Waals surface area contributed by atoms with E-state index in [0.717, 1.165) is 29.5 Å². The lowest BCUT2D eigenvalue weighted by atomic mass is 10.2. The van der Waals surface area contributed by atoms with Crippen LogP contribution in [0.15, 0.2) is 71.9 Å². The van der Waals surface area contributed by atoms with Crippen molar-refractivity contribution in [3.63, 3.8) is 0 Å². The number of thioether (sulfide) groups is 1. The number of methoxy groups -OCH3 is 1. The number of amides is 1. The molecule has 0 spiro atoms. The average molecular weight is 553 g/mol. The molecule has 0 saturated carbocycles. The molecule has 1 heterocycles. The number of nitrogens with zero attached hydrogens (tertiary/aromatic N) is 3. The molecule has 4 aromatic rings. The van der Waals surface area contributed by atoms with E-state index in [1.807, 2.05) is 12.1 Å². The minimum atomic E-state index is -4.64. The highest BCUT2D eigenvalue weighted by Crippen LogP contribution is 2.36. The fourth-order valence-electron chi connectivity index (χ4n) is 3.26. The molecule has 0 aliphatic carbocycles. The molecule has 4 rings (SSSR count). The molecule has 1 amide bonds. The fourth-order valence-corrected chi connectivity index (χ4v) is 4.36. The summed E-state index contributed by atoms with van der Waals surface area (Å²) in [7, 11) is 1.57. The van der Waals surface area contributed by atoms with Crippen molar-refractivity contribution < 1.29 is 22.7 Å². The lowest BCUT2D eigenvalue weighted by Crippen LogP contribution is -2.15. The van der Waals surface area contributed by atoms with Gasteiger partial charge >= 0.3 is 6.18 Å². The standard InChI is InChI=1S/C24H17Cl2F3N4O2S/c1-35-18-9-2-14(3-10-18)22-31-32-23(33(22)17-7-4-15(25)5-8-17)36-13-21(34)30-16-6-11-20(26)19(12-16)24(27,28)29/h2-12H,13H2,1H3,(H,30,34). The molecule has 3 aromatic carbocycles. The van der Waals surface area contributed by atoms with Crippen LogP contribution in [0.1, 0.15) is 5.56 Å². The van der Waals surface area contributed by atoms with E-state index in [4.69, 9.17) is 27.9 Å². The first-order valence-electron chi connectivity index (χ1n) is 10.3. The maximum atomic E-state index is 13.1. The molecule has 0 saturated heterocycles. The maximum absolute atomic E-state index is 13.1. The molecule has 1 aromatic heterocycles. The van der Waals surface area contributed by atoms with E-state index >= 15 is 0 Å². The third-order valence-electron chi connectivity index (χ3n) is 4.95. The Morgan fingerprint density at radius 1 is 1.03 bits per heavy atom. The summed E-state index contributed by atoms with van der Waals surface area (Å²) < 4.78 is 46.3. The van der Waals surface area contributed by atoms with Crippen molar-refractivity contribution in [1.29, 1.82) is 0 Å².